The van der Waals surface area contributed by atoms with Crippen LogP contribution < -0.4 is 20.7 Å². The monoisotopic (exact) mass is 545 g/mol. The first kappa shape index (κ1) is 26.2. The van der Waals surface area contributed by atoms with Gasteiger partial charge >= 0.3 is 5.69 Å². The van der Waals surface area contributed by atoms with Crippen molar-refractivity contribution in [3.05, 3.63) is 141 Å². The van der Waals surface area contributed by atoms with Crippen LogP contribution in [0.1, 0.15) is 17.5 Å². The van der Waals surface area contributed by atoms with Gasteiger partial charge < -0.3 is 14.0 Å². The van der Waals surface area contributed by atoms with Gasteiger partial charge in [0.05, 0.1) is 19.0 Å². The normalized spacial score (nSPS) is 11.2. The van der Waals surface area contributed by atoms with Crippen LogP contribution in [0.4, 0.5) is 0 Å². The molecule has 6 aromatic rings. The van der Waals surface area contributed by atoms with Crippen LogP contribution in [-0.2, 0) is 26.2 Å². The van der Waals surface area contributed by atoms with E-state index < -0.39 is 0 Å². The number of benzene rings is 4. The lowest BCUT2D eigenvalue weighted by atomic mass is 10.2. The van der Waals surface area contributed by atoms with Gasteiger partial charge in [0, 0.05) is 24.8 Å². The molecular weight excluding hydrogens is 514 g/mol. The molecule has 7 nitrogen and oxygen atoms in total. The Kier molecular flexibility index (Phi) is 7.41. The highest BCUT2D eigenvalue weighted by Gasteiger charge is 2.17. The smallest absolute Gasteiger partial charge is 0.331 e. The number of hydrogen-bond acceptors (Lipinski definition) is 4. The van der Waals surface area contributed by atoms with Gasteiger partial charge in [0.15, 0.2) is 0 Å². The van der Waals surface area contributed by atoms with Crippen LogP contribution in [0.25, 0.3) is 21.8 Å². The van der Waals surface area contributed by atoms with Gasteiger partial charge in [-0.2, -0.15) is 0 Å². The summed E-state index contributed by atoms with van der Waals surface area (Å²) in [4.78, 5) is 27.7. The van der Waals surface area contributed by atoms with Crippen LogP contribution in [0.3, 0.4) is 0 Å². The number of aromatic nitrogens is 3. The molecule has 0 saturated carbocycles. The number of methoxy groups -OCH3 is 1. The fourth-order valence-electron chi connectivity index (χ4n) is 5.29. The van der Waals surface area contributed by atoms with Gasteiger partial charge in [-0.25, -0.2) is 4.79 Å². The molecule has 0 aliphatic carbocycles. The quantitative estimate of drug-likeness (QED) is 0.217. The van der Waals surface area contributed by atoms with Gasteiger partial charge in [-0.05, 0) is 59.3 Å². The Bertz CT molecular complexity index is 1920. The zero-order chi connectivity index (χ0) is 28.2. The van der Waals surface area contributed by atoms with Crippen molar-refractivity contribution in [1.82, 2.24) is 13.7 Å². The Hall–Kier alpha value is -5.04. The van der Waals surface area contributed by atoms with Crippen molar-refractivity contribution in [3.63, 3.8) is 0 Å². The van der Waals surface area contributed by atoms with Crippen molar-refractivity contribution < 1.29 is 9.47 Å². The summed E-state index contributed by atoms with van der Waals surface area (Å²) < 4.78 is 16.7. The van der Waals surface area contributed by atoms with E-state index in [4.69, 9.17) is 9.47 Å². The lowest BCUT2D eigenvalue weighted by Gasteiger charge is -2.18. The van der Waals surface area contributed by atoms with Crippen LogP contribution >= 0.6 is 0 Å². The summed E-state index contributed by atoms with van der Waals surface area (Å²) >= 11 is 0. The van der Waals surface area contributed by atoms with Crippen LogP contribution in [0.15, 0.2) is 119 Å². The molecule has 7 heteroatoms. The van der Waals surface area contributed by atoms with Crippen molar-refractivity contribution in [3.8, 4) is 11.5 Å². The van der Waals surface area contributed by atoms with Crippen molar-refractivity contribution in [1.29, 1.82) is 0 Å². The standard InChI is InChI=1S/C34H31N3O4/c1-40-28-17-15-25(16-18-28)23-37-33(38)29-12-7-14-31(41-24-26-9-3-2-4-10-26)32(29)36(34(37)39)21-8-20-35-22-19-27-11-5-6-13-30(27)35/h2-7,9-19,22H,8,20-21,23-24H2,1H3. The molecule has 0 atom stereocenters. The van der Waals surface area contributed by atoms with E-state index in [1.807, 2.05) is 78.9 Å². The number of nitrogens with zero attached hydrogens (tertiary/aromatic N) is 3. The first-order valence-electron chi connectivity index (χ1n) is 13.7. The molecule has 0 N–H and O–H groups in total. The number of rotatable bonds is 10. The Labute approximate surface area is 237 Å². The van der Waals surface area contributed by atoms with Gasteiger partial charge in [0.1, 0.15) is 23.6 Å². The molecule has 41 heavy (non-hydrogen) atoms. The summed E-state index contributed by atoms with van der Waals surface area (Å²) in [5.41, 5.74) is 2.84. The molecule has 4 aromatic carbocycles. The molecule has 2 aromatic heterocycles. The van der Waals surface area contributed by atoms with E-state index in [0.717, 1.165) is 28.9 Å². The number of aryl methyl sites for hydroxylation is 2. The maximum Gasteiger partial charge on any atom is 0.331 e. The van der Waals surface area contributed by atoms with E-state index in [1.54, 1.807) is 17.7 Å². The molecular formula is C34H31N3O4. The average Bonchev–Trinajstić information content (AvgIpc) is 3.43. The third-order valence-electron chi connectivity index (χ3n) is 7.40. The summed E-state index contributed by atoms with van der Waals surface area (Å²) in [6, 6.07) is 33.0. The van der Waals surface area contributed by atoms with E-state index in [2.05, 4.69) is 29.0 Å². The lowest BCUT2D eigenvalue weighted by molar-refractivity contribution is 0.308. The predicted molar refractivity (Wildman–Crippen MR) is 162 cm³/mol. The second-order valence-corrected chi connectivity index (χ2v) is 10.0. The SMILES string of the molecule is COc1ccc(Cn2c(=O)c3cccc(OCc4ccccc4)c3n(CCCn3ccc4ccccc43)c2=O)cc1. The van der Waals surface area contributed by atoms with E-state index in [1.165, 1.54) is 9.95 Å². The molecule has 0 aliphatic rings. The van der Waals surface area contributed by atoms with Gasteiger partial charge in [0.25, 0.3) is 5.56 Å². The zero-order valence-electron chi connectivity index (χ0n) is 22.9. The van der Waals surface area contributed by atoms with Gasteiger partial charge in [-0.1, -0.05) is 66.7 Å². The van der Waals surface area contributed by atoms with Gasteiger partial charge in [-0.3, -0.25) is 13.9 Å². The molecule has 0 radical (unpaired) electrons. The highest BCUT2D eigenvalue weighted by atomic mass is 16.5. The molecule has 2 heterocycles. The summed E-state index contributed by atoms with van der Waals surface area (Å²) in [5.74, 6) is 1.23. The molecule has 0 fully saturated rings. The minimum atomic E-state index is -0.355. The molecule has 0 unspecified atom stereocenters. The number of fused-ring (bicyclic) bond motifs is 2. The first-order chi connectivity index (χ1) is 20.1. The molecule has 0 amide bonds. The topological polar surface area (TPSA) is 67.4 Å². The summed E-state index contributed by atoms with van der Waals surface area (Å²) in [6.07, 6.45) is 2.77. The molecule has 206 valence electrons. The van der Waals surface area contributed by atoms with Crippen molar-refractivity contribution >= 4 is 21.8 Å². The van der Waals surface area contributed by atoms with Crippen molar-refractivity contribution in [2.75, 3.05) is 7.11 Å². The first-order valence-corrected chi connectivity index (χ1v) is 13.7. The minimum Gasteiger partial charge on any atom is -0.497 e. The van der Waals surface area contributed by atoms with E-state index >= 15 is 0 Å². The van der Waals surface area contributed by atoms with Crippen LogP contribution in [0.2, 0.25) is 0 Å². The third kappa shape index (κ3) is 5.39. The largest absolute Gasteiger partial charge is 0.497 e. The number of ether oxygens (including phenoxy) is 2. The maximum absolute atomic E-state index is 14.0. The second-order valence-electron chi connectivity index (χ2n) is 10.0. The summed E-state index contributed by atoms with van der Waals surface area (Å²) in [5, 5.41) is 1.63. The number of para-hydroxylation sites is 2. The summed E-state index contributed by atoms with van der Waals surface area (Å²) in [6.45, 7) is 1.65. The maximum atomic E-state index is 14.0. The van der Waals surface area contributed by atoms with E-state index in [0.29, 0.717) is 36.2 Å². The average molecular weight is 546 g/mol. The third-order valence-corrected chi connectivity index (χ3v) is 7.40. The zero-order valence-corrected chi connectivity index (χ0v) is 22.9. The van der Waals surface area contributed by atoms with Gasteiger partial charge in [0.2, 0.25) is 0 Å². The van der Waals surface area contributed by atoms with Crippen LogP contribution in [0, 0.1) is 0 Å². The number of hydrogen-bond donors (Lipinski definition) is 0. The molecule has 0 saturated heterocycles. The molecule has 0 bridgehead atoms. The van der Waals surface area contributed by atoms with Gasteiger partial charge in [-0.15, -0.1) is 0 Å². The lowest BCUT2D eigenvalue weighted by Crippen LogP contribution is -2.40. The van der Waals surface area contributed by atoms with Crippen molar-refractivity contribution in [2.45, 2.75) is 32.7 Å². The minimum absolute atomic E-state index is 0.162. The predicted octanol–water partition coefficient (Wildman–Crippen LogP) is 5.84. The highest BCUT2D eigenvalue weighted by molar-refractivity contribution is 5.84. The summed E-state index contributed by atoms with van der Waals surface area (Å²) in [7, 11) is 1.61. The van der Waals surface area contributed by atoms with Crippen molar-refractivity contribution in [2.24, 2.45) is 0 Å². The van der Waals surface area contributed by atoms with Crippen LogP contribution in [-0.4, -0.2) is 20.8 Å². The molecule has 0 spiro atoms. The molecule has 6 rings (SSSR count). The van der Waals surface area contributed by atoms with E-state index in [-0.39, 0.29) is 17.8 Å². The fraction of sp³-hybridized carbons (Fsp3) is 0.176. The Morgan fingerprint density at radius 2 is 1.49 bits per heavy atom. The second kappa shape index (κ2) is 11.6. The molecule has 0 aliphatic heterocycles. The Morgan fingerprint density at radius 1 is 0.707 bits per heavy atom. The Morgan fingerprint density at radius 3 is 2.29 bits per heavy atom. The van der Waals surface area contributed by atoms with Crippen LogP contribution in [0.5, 0.6) is 11.5 Å². The Balaban J connectivity index is 1.39. The van der Waals surface area contributed by atoms with E-state index in [9.17, 15) is 9.59 Å². The highest BCUT2D eigenvalue weighted by Crippen LogP contribution is 2.25. The fourth-order valence-corrected chi connectivity index (χ4v) is 5.29.